The molecule has 4 rings (SSSR count). The Morgan fingerprint density at radius 3 is 2.86 bits per heavy atom. The van der Waals surface area contributed by atoms with Crippen LogP contribution in [0.15, 0.2) is 53.9 Å². The maximum atomic E-state index is 12.6. The Morgan fingerprint density at radius 2 is 2.07 bits per heavy atom. The van der Waals surface area contributed by atoms with Crippen LogP contribution in [0.3, 0.4) is 0 Å². The molecule has 28 heavy (non-hydrogen) atoms. The molecule has 0 fully saturated rings. The molecule has 0 aliphatic rings. The monoisotopic (exact) mass is 411 g/mol. The quantitative estimate of drug-likeness (QED) is 0.360. The molecule has 2 aromatic heterocycles. The van der Waals surface area contributed by atoms with Crippen molar-refractivity contribution in [2.45, 2.75) is 0 Å². The van der Waals surface area contributed by atoms with E-state index in [4.69, 9.17) is 4.74 Å². The average molecular weight is 411 g/mol. The molecule has 0 saturated carbocycles. The van der Waals surface area contributed by atoms with Gasteiger partial charge in [-0.2, -0.15) is 0 Å². The number of thiophene rings is 1. The number of aromatic nitrogens is 1. The summed E-state index contributed by atoms with van der Waals surface area (Å²) in [6.45, 7) is 0. The molecule has 2 heterocycles. The van der Waals surface area contributed by atoms with Crippen LogP contribution < -0.4 is 10.1 Å². The number of carbonyl (C=O) groups excluding carboxylic acids is 1. The fourth-order valence-corrected chi connectivity index (χ4v) is 4.31. The van der Waals surface area contributed by atoms with E-state index in [2.05, 4.69) is 10.3 Å². The normalized spacial score (nSPS) is 10.8. The zero-order chi connectivity index (χ0) is 19.7. The molecule has 1 N–H and O–H groups in total. The van der Waals surface area contributed by atoms with Crippen LogP contribution >= 0.6 is 22.7 Å². The highest BCUT2D eigenvalue weighted by Gasteiger charge is 2.15. The first-order valence-electron chi connectivity index (χ1n) is 8.13. The summed E-state index contributed by atoms with van der Waals surface area (Å²) in [5.74, 6) is 0.436. The second-order valence-corrected chi connectivity index (χ2v) is 7.76. The minimum Gasteiger partial charge on any atom is -0.497 e. The maximum Gasteiger partial charge on any atom is 0.270 e. The van der Waals surface area contributed by atoms with Gasteiger partial charge in [-0.25, -0.2) is 4.98 Å². The zero-order valence-electron chi connectivity index (χ0n) is 14.5. The fourth-order valence-electron chi connectivity index (χ4n) is 2.66. The van der Waals surface area contributed by atoms with E-state index in [1.165, 1.54) is 34.8 Å². The van der Waals surface area contributed by atoms with Crippen molar-refractivity contribution >= 4 is 49.5 Å². The van der Waals surface area contributed by atoms with E-state index in [1.807, 2.05) is 29.6 Å². The van der Waals surface area contributed by atoms with E-state index >= 15 is 0 Å². The predicted molar refractivity (Wildman–Crippen MR) is 111 cm³/mol. The number of nitro groups is 1. The predicted octanol–water partition coefficient (Wildman–Crippen LogP) is 5.19. The lowest BCUT2D eigenvalue weighted by atomic mass is 10.2. The molecule has 0 saturated heterocycles. The number of rotatable bonds is 5. The van der Waals surface area contributed by atoms with E-state index in [-0.39, 0.29) is 11.6 Å². The summed E-state index contributed by atoms with van der Waals surface area (Å²) in [6.07, 6.45) is 0. The molecule has 2 aromatic carbocycles. The highest BCUT2D eigenvalue weighted by molar-refractivity contribution is 7.21. The fraction of sp³-hybridized carbons (Fsp3) is 0.0526. The van der Waals surface area contributed by atoms with Crippen molar-refractivity contribution < 1.29 is 14.5 Å². The van der Waals surface area contributed by atoms with Gasteiger partial charge in [-0.05, 0) is 24.3 Å². The number of nitrogens with one attached hydrogen (secondary N) is 1. The van der Waals surface area contributed by atoms with Gasteiger partial charge in [0.1, 0.15) is 5.75 Å². The van der Waals surface area contributed by atoms with Crippen molar-refractivity contribution in [1.82, 2.24) is 4.98 Å². The molecule has 140 valence electrons. The van der Waals surface area contributed by atoms with Crippen LogP contribution in [-0.4, -0.2) is 22.9 Å². The lowest BCUT2D eigenvalue weighted by Gasteiger charge is -2.01. The smallest absolute Gasteiger partial charge is 0.270 e. The van der Waals surface area contributed by atoms with Crippen molar-refractivity contribution in [3.05, 3.63) is 68.9 Å². The van der Waals surface area contributed by atoms with Gasteiger partial charge in [0.15, 0.2) is 5.13 Å². The van der Waals surface area contributed by atoms with Gasteiger partial charge in [-0.3, -0.25) is 20.2 Å². The Labute approximate surface area is 167 Å². The summed E-state index contributed by atoms with van der Waals surface area (Å²) in [6, 6.07) is 13.7. The number of nitro benzene ring substituents is 1. The van der Waals surface area contributed by atoms with Crippen LogP contribution in [0.4, 0.5) is 10.8 Å². The van der Waals surface area contributed by atoms with Gasteiger partial charge in [0.2, 0.25) is 0 Å². The summed E-state index contributed by atoms with van der Waals surface area (Å²) in [5.41, 5.74) is 1.64. The number of thiazole rings is 1. The van der Waals surface area contributed by atoms with Crippen LogP contribution in [0.1, 0.15) is 9.67 Å². The van der Waals surface area contributed by atoms with E-state index in [0.717, 1.165) is 21.7 Å². The molecular weight excluding hydrogens is 398 g/mol. The third-order valence-corrected chi connectivity index (χ3v) is 5.90. The van der Waals surface area contributed by atoms with Crippen LogP contribution in [0, 0.1) is 10.1 Å². The SMILES string of the molecule is COc1cccc(-c2csc(NC(=O)c3cc4cc([N+](=O)[O-])ccc4s3)n2)c1. The Kier molecular flexibility index (Phi) is 4.76. The Balaban J connectivity index is 1.54. The molecule has 0 spiro atoms. The van der Waals surface area contributed by atoms with Gasteiger partial charge < -0.3 is 4.74 Å². The van der Waals surface area contributed by atoms with Crippen molar-refractivity contribution in [3.63, 3.8) is 0 Å². The number of ether oxygens (including phenoxy) is 1. The molecule has 0 aliphatic heterocycles. The Morgan fingerprint density at radius 1 is 1.21 bits per heavy atom. The summed E-state index contributed by atoms with van der Waals surface area (Å²) < 4.78 is 6.03. The molecule has 0 aliphatic carbocycles. The van der Waals surface area contributed by atoms with Gasteiger partial charge in [0.05, 0.1) is 22.6 Å². The summed E-state index contributed by atoms with van der Waals surface area (Å²) in [4.78, 5) is 27.9. The number of carbonyl (C=O) groups is 1. The number of hydrogen-bond donors (Lipinski definition) is 1. The number of benzene rings is 2. The number of non-ortho nitro benzene ring substituents is 1. The lowest BCUT2D eigenvalue weighted by molar-refractivity contribution is -0.384. The first-order valence-corrected chi connectivity index (χ1v) is 9.82. The first-order chi connectivity index (χ1) is 13.5. The molecule has 4 aromatic rings. The standard InChI is InChI=1S/C19H13N3O4S2/c1-26-14-4-2-3-11(8-14)15-10-27-19(20-15)21-18(23)17-9-12-7-13(22(24)25)5-6-16(12)28-17/h2-10H,1H3,(H,20,21,23). The topological polar surface area (TPSA) is 94.4 Å². The number of fused-ring (bicyclic) bond motifs is 1. The molecule has 0 unspecified atom stereocenters. The van der Waals surface area contributed by atoms with Crippen LogP contribution in [0.5, 0.6) is 5.75 Å². The highest BCUT2D eigenvalue weighted by Crippen LogP contribution is 2.31. The van der Waals surface area contributed by atoms with E-state index in [0.29, 0.717) is 15.4 Å². The third kappa shape index (κ3) is 3.57. The van der Waals surface area contributed by atoms with E-state index in [9.17, 15) is 14.9 Å². The van der Waals surface area contributed by atoms with Crippen molar-refractivity contribution in [1.29, 1.82) is 0 Å². The van der Waals surface area contributed by atoms with Crippen LogP contribution in [0.2, 0.25) is 0 Å². The second-order valence-electron chi connectivity index (χ2n) is 5.81. The number of hydrogen-bond acceptors (Lipinski definition) is 7. The van der Waals surface area contributed by atoms with Gasteiger partial charge in [0.25, 0.3) is 11.6 Å². The summed E-state index contributed by atoms with van der Waals surface area (Å²) >= 11 is 2.60. The largest absolute Gasteiger partial charge is 0.497 e. The zero-order valence-corrected chi connectivity index (χ0v) is 16.2. The molecule has 0 atom stereocenters. The molecule has 0 bridgehead atoms. The summed E-state index contributed by atoms with van der Waals surface area (Å²) in [7, 11) is 1.60. The minimum absolute atomic E-state index is 0.000104. The first kappa shape index (κ1) is 18.1. The van der Waals surface area contributed by atoms with E-state index in [1.54, 1.807) is 19.2 Å². The second kappa shape index (κ2) is 7.37. The Bertz CT molecular complexity index is 1200. The average Bonchev–Trinajstić information content (AvgIpc) is 3.34. The van der Waals surface area contributed by atoms with Crippen LogP contribution in [-0.2, 0) is 0 Å². The van der Waals surface area contributed by atoms with Crippen molar-refractivity contribution in [3.8, 4) is 17.0 Å². The van der Waals surface area contributed by atoms with Gasteiger partial charge in [-0.1, -0.05) is 12.1 Å². The molecule has 7 nitrogen and oxygen atoms in total. The lowest BCUT2D eigenvalue weighted by Crippen LogP contribution is -2.09. The van der Waals surface area contributed by atoms with Crippen molar-refractivity contribution in [2.24, 2.45) is 0 Å². The van der Waals surface area contributed by atoms with Gasteiger partial charge in [0, 0.05) is 33.2 Å². The third-order valence-electron chi connectivity index (χ3n) is 4.02. The molecule has 1 amide bonds. The summed E-state index contributed by atoms with van der Waals surface area (Å²) in [5, 5.41) is 16.7. The van der Waals surface area contributed by atoms with Gasteiger partial charge >= 0.3 is 0 Å². The molecular formula is C19H13N3O4S2. The van der Waals surface area contributed by atoms with E-state index < -0.39 is 4.92 Å². The molecule has 9 heteroatoms. The molecule has 0 radical (unpaired) electrons. The van der Waals surface area contributed by atoms with Crippen molar-refractivity contribution in [2.75, 3.05) is 12.4 Å². The number of nitrogens with zero attached hydrogens (tertiary/aromatic N) is 2. The minimum atomic E-state index is -0.452. The number of amides is 1. The maximum absolute atomic E-state index is 12.6. The van der Waals surface area contributed by atoms with Crippen LogP contribution in [0.25, 0.3) is 21.3 Å². The number of anilines is 1. The Hall–Kier alpha value is -3.30. The highest BCUT2D eigenvalue weighted by atomic mass is 32.1. The number of methoxy groups -OCH3 is 1. The van der Waals surface area contributed by atoms with Gasteiger partial charge in [-0.15, -0.1) is 22.7 Å².